The van der Waals surface area contributed by atoms with Crippen molar-refractivity contribution < 1.29 is 0 Å². The molecule has 0 atom stereocenters. The van der Waals surface area contributed by atoms with Crippen LogP contribution in [0.2, 0.25) is 5.02 Å². The number of aryl methyl sites for hydroxylation is 1. The topological polar surface area (TPSA) is 12.9 Å². The number of aromatic nitrogens is 1. The van der Waals surface area contributed by atoms with Gasteiger partial charge in [0, 0.05) is 11.8 Å². The molecule has 0 spiro atoms. The third-order valence-electron chi connectivity index (χ3n) is 2.14. The number of halogens is 1. The van der Waals surface area contributed by atoms with Gasteiger partial charge in [0.15, 0.2) is 0 Å². The second-order valence-electron chi connectivity index (χ2n) is 3.15. The number of hydrogen-bond donors (Lipinski definition) is 0. The normalized spacial score (nSPS) is 10.1. The van der Waals surface area contributed by atoms with Crippen LogP contribution in [0.3, 0.4) is 0 Å². The second-order valence-corrected chi connectivity index (χ2v) is 3.55. The van der Waals surface area contributed by atoms with Crippen molar-refractivity contribution in [2.24, 2.45) is 0 Å². The van der Waals surface area contributed by atoms with Gasteiger partial charge in [0.1, 0.15) is 0 Å². The number of hydrogen-bond acceptors (Lipinski definition) is 1. The van der Waals surface area contributed by atoms with Gasteiger partial charge >= 0.3 is 0 Å². The molecular formula is C12H10ClN. The van der Waals surface area contributed by atoms with Gasteiger partial charge in [-0.25, -0.2) is 0 Å². The number of pyridine rings is 1. The molecule has 1 aromatic carbocycles. The van der Waals surface area contributed by atoms with E-state index in [1.165, 1.54) is 0 Å². The summed E-state index contributed by atoms with van der Waals surface area (Å²) in [5, 5.41) is 0.753. The average Bonchev–Trinajstić information content (AvgIpc) is 2.19. The molecule has 0 amide bonds. The van der Waals surface area contributed by atoms with Crippen molar-refractivity contribution in [2.45, 2.75) is 6.92 Å². The van der Waals surface area contributed by atoms with Gasteiger partial charge in [0.05, 0.1) is 10.7 Å². The lowest BCUT2D eigenvalue weighted by Crippen LogP contribution is -1.86. The Morgan fingerprint density at radius 1 is 1.07 bits per heavy atom. The molecule has 0 fully saturated rings. The van der Waals surface area contributed by atoms with Gasteiger partial charge in [-0.05, 0) is 30.7 Å². The van der Waals surface area contributed by atoms with E-state index < -0.39 is 0 Å². The summed E-state index contributed by atoms with van der Waals surface area (Å²) < 4.78 is 0. The third kappa shape index (κ3) is 1.64. The van der Waals surface area contributed by atoms with Crippen molar-refractivity contribution in [3.63, 3.8) is 0 Å². The van der Waals surface area contributed by atoms with E-state index in [1.807, 2.05) is 43.3 Å². The van der Waals surface area contributed by atoms with E-state index in [-0.39, 0.29) is 0 Å². The summed E-state index contributed by atoms with van der Waals surface area (Å²) >= 11 is 6.12. The zero-order valence-corrected chi connectivity index (χ0v) is 8.62. The fourth-order valence-electron chi connectivity index (χ4n) is 1.47. The van der Waals surface area contributed by atoms with Crippen LogP contribution in [0.1, 0.15) is 5.56 Å². The van der Waals surface area contributed by atoms with Crippen LogP contribution in [0.25, 0.3) is 11.3 Å². The molecule has 0 aliphatic heterocycles. The molecule has 0 radical (unpaired) electrons. The molecule has 70 valence electrons. The molecule has 0 aliphatic carbocycles. The molecule has 2 heteroatoms. The highest BCUT2D eigenvalue weighted by molar-refractivity contribution is 6.33. The van der Waals surface area contributed by atoms with Crippen molar-refractivity contribution in [1.82, 2.24) is 4.98 Å². The summed E-state index contributed by atoms with van der Waals surface area (Å²) in [5.41, 5.74) is 3.10. The highest BCUT2D eigenvalue weighted by Gasteiger charge is 2.06. The fourth-order valence-corrected chi connectivity index (χ4v) is 1.79. The van der Waals surface area contributed by atoms with Crippen molar-refractivity contribution >= 4 is 11.6 Å². The molecular weight excluding hydrogens is 194 g/mol. The standard InChI is InChI=1S/C12H10ClN/c1-9-5-4-6-10(13)12(9)11-7-2-3-8-14-11/h2-8H,1H3. The Morgan fingerprint density at radius 3 is 2.57 bits per heavy atom. The lowest BCUT2D eigenvalue weighted by atomic mass is 10.1. The molecule has 1 heterocycles. The average molecular weight is 204 g/mol. The molecule has 1 nitrogen and oxygen atoms in total. The molecule has 1 aromatic heterocycles. The maximum absolute atomic E-state index is 6.12. The molecule has 0 aliphatic rings. The zero-order chi connectivity index (χ0) is 9.97. The minimum absolute atomic E-state index is 0.753. The lowest BCUT2D eigenvalue weighted by Gasteiger charge is -2.06. The number of rotatable bonds is 1. The number of nitrogens with zero attached hydrogens (tertiary/aromatic N) is 1. The summed E-state index contributed by atoms with van der Waals surface area (Å²) in [6, 6.07) is 11.7. The van der Waals surface area contributed by atoms with Crippen LogP contribution in [0.4, 0.5) is 0 Å². The van der Waals surface area contributed by atoms with Crippen LogP contribution in [-0.2, 0) is 0 Å². The lowest BCUT2D eigenvalue weighted by molar-refractivity contribution is 1.31. The quantitative estimate of drug-likeness (QED) is 0.689. The van der Waals surface area contributed by atoms with Crippen LogP contribution in [-0.4, -0.2) is 4.98 Å². The van der Waals surface area contributed by atoms with E-state index in [2.05, 4.69) is 4.98 Å². The van der Waals surface area contributed by atoms with Crippen LogP contribution in [0.5, 0.6) is 0 Å². The highest BCUT2D eigenvalue weighted by Crippen LogP contribution is 2.28. The van der Waals surface area contributed by atoms with Crippen LogP contribution in [0, 0.1) is 6.92 Å². The van der Waals surface area contributed by atoms with Gasteiger partial charge in [-0.1, -0.05) is 29.8 Å². The van der Waals surface area contributed by atoms with E-state index in [4.69, 9.17) is 11.6 Å². The molecule has 0 saturated heterocycles. The summed E-state index contributed by atoms with van der Waals surface area (Å²) in [4.78, 5) is 4.29. The molecule has 14 heavy (non-hydrogen) atoms. The summed E-state index contributed by atoms with van der Waals surface area (Å²) in [6.07, 6.45) is 1.78. The van der Waals surface area contributed by atoms with E-state index >= 15 is 0 Å². The zero-order valence-electron chi connectivity index (χ0n) is 7.87. The Bertz CT molecular complexity index is 417. The SMILES string of the molecule is Cc1cccc(Cl)c1-c1ccccn1. The Kier molecular flexibility index (Phi) is 2.51. The van der Waals surface area contributed by atoms with Crippen molar-refractivity contribution in [3.8, 4) is 11.3 Å². The van der Waals surface area contributed by atoms with E-state index in [0.717, 1.165) is 21.8 Å². The van der Waals surface area contributed by atoms with E-state index in [9.17, 15) is 0 Å². The molecule has 0 unspecified atom stereocenters. The predicted octanol–water partition coefficient (Wildman–Crippen LogP) is 3.71. The first-order valence-corrected chi connectivity index (χ1v) is 4.83. The van der Waals surface area contributed by atoms with Gasteiger partial charge in [-0.3, -0.25) is 4.98 Å². The van der Waals surface area contributed by atoms with Crippen LogP contribution in [0.15, 0.2) is 42.6 Å². The maximum Gasteiger partial charge on any atom is 0.0719 e. The third-order valence-corrected chi connectivity index (χ3v) is 2.46. The Labute approximate surface area is 88.4 Å². The van der Waals surface area contributed by atoms with Crippen LogP contribution < -0.4 is 0 Å². The van der Waals surface area contributed by atoms with Gasteiger partial charge in [0.2, 0.25) is 0 Å². The minimum Gasteiger partial charge on any atom is -0.256 e. The van der Waals surface area contributed by atoms with Gasteiger partial charge in [-0.2, -0.15) is 0 Å². The summed E-state index contributed by atoms with van der Waals surface area (Å²) in [6.45, 7) is 2.04. The second kappa shape index (κ2) is 3.81. The summed E-state index contributed by atoms with van der Waals surface area (Å²) in [5.74, 6) is 0. The first-order valence-electron chi connectivity index (χ1n) is 4.45. The molecule has 0 saturated carbocycles. The van der Waals surface area contributed by atoms with Crippen LogP contribution >= 0.6 is 11.6 Å². The maximum atomic E-state index is 6.12. The van der Waals surface area contributed by atoms with E-state index in [0.29, 0.717) is 0 Å². The fraction of sp³-hybridized carbons (Fsp3) is 0.0833. The van der Waals surface area contributed by atoms with Crippen molar-refractivity contribution in [2.75, 3.05) is 0 Å². The predicted molar refractivity (Wildman–Crippen MR) is 59.4 cm³/mol. The molecule has 0 N–H and O–H groups in total. The minimum atomic E-state index is 0.753. The molecule has 2 rings (SSSR count). The van der Waals surface area contributed by atoms with Gasteiger partial charge in [-0.15, -0.1) is 0 Å². The monoisotopic (exact) mass is 203 g/mol. The first kappa shape index (κ1) is 9.22. The van der Waals surface area contributed by atoms with Gasteiger partial charge < -0.3 is 0 Å². The van der Waals surface area contributed by atoms with Crippen molar-refractivity contribution in [1.29, 1.82) is 0 Å². The summed E-state index contributed by atoms with van der Waals surface area (Å²) in [7, 11) is 0. The smallest absolute Gasteiger partial charge is 0.0719 e. The molecule has 2 aromatic rings. The van der Waals surface area contributed by atoms with Gasteiger partial charge in [0.25, 0.3) is 0 Å². The largest absolute Gasteiger partial charge is 0.256 e. The van der Waals surface area contributed by atoms with E-state index in [1.54, 1.807) is 6.20 Å². The van der Waals surface area contributed by atoms with Crippen molar-refractivity contribution in [3.05, 3.63) is 53.2 Å². The molecule has 0 bridgehead atoms. The Hall–Kier alpha value is -1.34. The number of benzene rings is 1. The first-order chi connectivity index (χ1) is 6.79. The highest BCUT2D eigenvalue weighted by atomic mass is 35.5. The Balaban J connectivity index is 2.63. The Morgan fingerprint density at radius 2 is 1.93 bits per heavy atom.